The van der Waals surface area contributed by atoms with E-state index < -0.39 is 5.97 Å². The van der Waals surface area contributed by atoms with Gasteiger partial charge in [-0.15, -0.1) is 0 Å². The number of esters is 1. The number of ketones is 1. The molecule has 1 rings (SSSR count). The lowest BCUT2D eigenvalue weighted by Crippen LogP contribution is -2.34. The number of carbonyl (C=O) groups excluding carboxylic acids is 2. The van der Waals surface area contributed by atoms with Gasteiger partial charge >= 0.3 is 5.97 Å². The SMILES string of the molecule is COC(=O)/C(=C\C(=O)c1ccc(OC)cc1)NN(C)C. The maximum atomic E-state index is 12.1. The monoisotopic (exact) mass is 278 g/mol. The number of nitrogens with one attached hydrogen (secondary N) is 1. The first-order valence-corrected chi connectivity index (χ1v) is 5.90. The summed E-state index contributed by atoms with van der Waals surface area (Å²) in [6, 6.07) is 6.61. The zero-order chi connectivity index (χ0) is 15.1. The highest BCUT2D eigenvalue weighted by atomic mass is 16.5. The van der Waals surface area contributed by atoms with Gasteiger partial charge < -0.3 is 14.9 Å². The van der Waals surface area contributed by atoms with Crippen LogP contribution < -0.4 is 10.2 Å². The summed E-state index contributed by atoms with van der Waals surface area (Å²) >= 11 is 0. The summed E-state index contributed by atoms with van der Waals surface area (Å²) in [6.07, 6.45) is 1.20. The van der Waals surface area contributed by atoms with Crippen molar-refractivity contribution >= 4 is 11.8 Å². The number of ether oxygens (including phenoxy) is 2. The average Bonchev–Trinajstić information content (AvgIpc) is 2.45. The lowest BCUT2D eigenvalue weighted by Gasteiger charge is -2.14. The van der Waals surface area contributed by atoms with E-state index in [2.05, 4.69) is 10.2 Å². The zero-order valence-corrected chi connectivity index (χ0v) is 12.0. The minimum absolute atomic E-state index is 0.0679. The molecule has 0 aliphatic carbocycles. The predicted octanol–water partition coefficient (Wildman–Crippen LogP) is 1.00. The Balaban J connectivity index is 2.96. The Kier molecular flexibility index (Phi) is 5.74. The largest absolute Gasteiger partial charge is 0.497 e. The molecule has 6 nitrogen and oxygen atoms in total. The van der Waals surface area contributed by atoms with Crippen molar-refractivity contribution in [2.75, 3.05) is 28.3 Å². The van der Waals surface area contributed by atoms with E-state index in [0.717, 1.165) is 0 Å². The molecule has 0 aromatic heterocycles. The van der Waals surface area contributed by atoms with Crippen LogP contribution in [-0.2, 0) is 9.53 Å². The summed E-state index contributed by atoms with van der Waals surface area (Å²) in [6.45, 7) is 0. The van der Waals surface area contributed by atoms with Crippen molar-refractivity contribution in [3.8, 4) is 5.75 Å². The second-order valence-corrected chi connectivity index (χ2v) is 4.15. The van der Waals surface area contributed by atoms with Gasteiger partial charge in [0.05, 0.1) is 14.2 Å². The van der Waals surface area contributed by atoms with Crippen LogP contribution in [0.1, 0.15) is 10.4 Å². The number of hydrogen-bond donors (Lipinski definition) is 1. The number of hydrogen-bond acceptors (Lipinski definition) is 6. The highest BCUT2D eigenvalue weighted by molar-refractivity contribution is 6.08. The second kappa shape index (κ2) is 7.30. The number of hydrazine groups is 1. The summed E-state index contributed by atoms with van der Waals surface area (Å²) in [7, 11) is 6.21. The van der Waals surface area contributed by atoms with Gasteiger partial charge in [0.1, 0.15) is 11.4 Å². The standard InChI is InChI=1S/C14H18N2O4/c1-16(2)15-12(14(18)20-4)9-13(17)10-5-7-11(19-3)8-6-10/h5-9,15H,1-4H3/b12-9+. The van der Waals surface area contributed by atoms with Gasteiger partial charge in [0.2, 0.25) is 0 Å². The Morgan fingerprint density at radius 1 is 1.15 bits per heavy atom. The molecule has 0 radical (unpaired) electrons. The van der Waals surface area contributed by atoms with Gasteiger partial charge in [-0.2, -0.15) is 0 Å². The van der Waals surface area contributed by atoms with Crippen molar-refractivity contribution in [1.82, 2.24) is 10.4 Å². The van der Waals surface area contributed by atoms with Crippen molar-refractivity contribution in [2.45, 2.75) is 0 Å². The highest BCUT2D eigenvalue weighted by Gasteiger charge is 2.13. The topological polar surface area (TPSA) is 67.9 Å². The minimum atomic E-state index is -0.611. The first-order valence-electron chi connectivity index (χ1n) is 5.90. The molecule has 0 saturated heterocycles. The predicted molar refractivity (Wildman–Crippen MR) is 74.2 cm³/mol. The smallest absolute Gasteiger partial charge is 0.355 e. The summed E-state index contributed by atoms with van der Waals surface area (Å²) < 4.78 is 9.64. The zero-order valence-electron chi connectivity index (χ0n) is 12.0. The number of allylic oxidation sites excluding steroid dienone is 1. The molecule has 0 heterocycles. The molecular formula is C14H18N2O4. The third-order valence-electron chi connectivity index (χ3n) is 2.40. The molecule has 0 aliphatic heterocycles. The molecule has 0 amide bonds. The van der Waals surface area contributed by atoms with Gasteiger partial charge in [0.25, 0.3) is 0 Å². The molecule has 0 bridgehead atoms. The van der Waals surface area contributed by atoms with Crippen LogP contribution in [0, 0.1) is 0 Å². The number of methoxy groups -OCH3 is 2. The first kappa shape index (κ1) is 15.7. The van der Waals surface area contributed by atoms with Crippen LogP contribution >= 0.6 is 0 Å². The van der Waals surface area contributed by atoms with Crippen molar-refractivity contribution in [3.05, 3.63) is 41.6 Å². The molecule has 1 N–H and O–H groups in total. The molecule has 108 valence electrons. The summed E-state index contributed by atoms with van der Waals surface area (Å²) in [4.78, 5) is 23.6. The Labute approximate surface area is 117 Å². The third-order valence-corrected chi connectivity index (χ3v) is 2.40. The maximum absolute atomic E-state index is 12.1. The van der Waals surface area contributed by atoms with E-state index >= 15 is 0 Å². The van der Waals surface area contributed by atoms with Crippen LogP contribution in [-0.4, -0.2) is 45.1 Å². The third kappa shape index (κ3) is 4.40. The van der Waals surface area contributed by atoms with Gasteiger partial charge in [-0.3, -0.25) is 4.79 Å². The van der Waals surface area contributed by atoms with Crippen LogP contribution in [0.15, 0.2) is 36.0 Å². The number of nitrogens with zero attached hydrogens (tertiary/aromatic N) is 1. The van der Waals surface area contributed by atoms with Crippen molar-refractivity contribution in [3.63, 3.8) is 0 Å². The van der Waals surface area contributed by atoms with E-state index in [1.165, 1.54) is 13.2 Å². The van der Waals surface area contributed by atoms with E-state index in [-0.39, 0.29) is 11.5 Å². The Morgan fingerprint density at radius 3 is 2.20 bits per heavy atom. The van der Waals surface area contributed by atoms with Gasteiger partial charge in [0.15, 0.2) is 5.78 Å². The number of carbonyl (C=O) groups is 2. The Bertz CT molecular complexity index is 506. The average molecular weight is 278 g/mol. The van der Waals surface area contributed by atoms with Gasteiger partial charge in [0, 0.05) is 25.7 Å². The quantitative estimate of drug-likeness (QED) is 0.362. The van der Waals surface area contributed by atoms with Crippen molar-refractivity contribution in [2.24, 2.45) is 0 Å². The van der Waals surface area contributed by atoms with Crippen molar-refractivity contribution in [1.29, 1.82) is 0 Å². The lowest BCUT2D eigenvalue weighted by molar-refractivity contribution is -0.137. The lowest BCUT2D eigenvalue weighted by atomic mass is 10.1. The van der Waals surface area contributed by atoms with E-state index in [0.29, 0.717) is 11.3 Å². The van der Waals surface area contributed by atoms with Crippen LogP contribution in [0.2, 0.25) is 0 Å². The molecule has 1 aromatic carbocycles. The minimum Gasteiger partial charge on any atom is -0.497 e. The van der Waals surface area contributed by atoms with Crippen molar-refractivity contribution < 1.29 is 19.1 Å². The molecule has 0 unspecified atom stereocenters. The maximum Gasteiger partial charge on any atom is 0.355 e. The molecule has 0 fully saturated rings. The van der Waals surface area contributed by atoms with Gasteiger partial charge in [-0.25, -0.2) is 9.80 Å². The molecule has 0 spiro atoms. The highest BCUT2D eigenvalue weighted by Crippen LogP contribution is 2.12. The molecule has 0 aliphatic rings. The van der Waals surface area contributed by atoms with Crippen LogP contribution in [0.4, 0.5) is 0 Å². The van der Waals surface area contributed by atoms with Crippen LogP contribution in [0.3, 0.4) is 0 Å². The van der Waals surface area contributed by atoms with E-state index in [1.54, 1.807) is 50.5 Å². The molecule has 0 atom stereocenters. The summed E-state index contributed by atoms with van der Waals surface area (Å²) in [5, 5.41) is 1.55. The second-order valence-electron chi connectivity index (χ2n) is 4.15. The Hall–Kier alpha value is -2.34. The fourth-order valence-electron chi connectivity index (χ4n) is 1.46. The molecule has 6 heteroatoms. The summed E-state index contributed by atoms with van der Waals surface area (Å²) in [5.41, 5.74) is 3.25. The normalized spacial score (nSPS) is 11.2. The Morgan fingerprint density at radius 2 is 1.75 bits per heavy atom. The fourth-order valence-corrected chi connectivity index (χ4v) is 1.46. The van der Waals surface area contributed by atoms with Crippen LogP contribution in [0.25, 0.3) is 0 Å². The molecule has 20 heavy (non-hydrogen) atoms. The van der Waals surface area contributed by atoms with Gasteiger partial charge in [-0.05, 0) is 24.3 Å². The van der Waals surface area contributed by atoms with E-state index in [1.807, 2.05) is 0 Å². The van der Waals surface area contributed by atoms with E-state index in [9.17, 15) is 9.59 Å². The van der Waals surface area contributed by atoms with Crippen LogP contribution in [0.5, 0.6) is 5.75 Å². The molecular weight excluding hydrogens is 260 g/mol. The van der Waals surface area contributed by atoms with E-state index in [4.69, 9.17) is 4.74 Å². The molecule has 0 saturated carbocycles. The summed E-state index contributed by atoms with van der Waals surface area (Å²) in [5.74, 6) is -0.256. The molecule has 1 aromatic rings. The first-order chi connectivity index (χ1) is 9.47. The number of benzene rings is 1. The number of rotatable bonds is 6. The van der Waals surface area contributed by atoms with Gasteiger partial charge in [-0.1, -0.05) is 0 Å². The fraction of sp³-hybridized carbons (Fsp3) is 0.286.